The molecular weight excluding hydrogens is 316 g/mol. The molecule has 0 aromatic carbocycles. The molecule has 1 aliphatic carbocycles. The molecule has 1 atom stereocenters. The van der Waals surface area contributed by atoms with Crippen LogP contribution in [0.4, 0.5) is 0 Å². The van der Waals surface area contributed by atoms with E-state index in [1.807, 2.05) is 4.90 Å². The SMILES string of the molecule is O=C(C1N(C(=O)C2CCC2)CCCC12CCOCC2)N1CCCCC1. The van der Waals surface area contributed by atoms with E-state index in [0.717, 1.165) is 90.6 Å². The highest BCUT2D eigenvalue weighted by Gasteiger charge is 2.52. The van der Waals surface area contributed by atoms with Gasteiger partial charge in [0.2, 0.25) is 11.8 Å². The predicted octanol–water partition coefficient (Wildman–Crippen LogP) is 2.59. The zero-order valence-electron chi connectivity index (χ0n) is 15.4. The van der Waals surface area contributed by atoms with Crippen molar-refractivity contribution in [3.8, 4) is 0 Å². The molecule has 1 saturated carbocycles. The highest BCUT2D eigenvalue weighted by atomic mass is 16.5. The van der Waals surface area contributed by atoms with E-state index in [2.05, 4.69) is 4.90 Å². The number of hydrogen-bond donors (Lipinski definition) is 0. The molecule has 0 radical (unpaired) electrons. The number of nitrogens with zero attached hydrogens (tertiary/aromatic N) is 2. The van der Waals surface area contributed by atoms with Gasteiger partial charge in [0.1, 0.15) is 6.04 Å². The number of carbonyl (C=O) groups excluding carboxylic acids is 2. The van der Waals surface area contributed by atoms with Crippen LogP contribution in [-0.4, -0.2) is 60.5 Å². The van der Waals surface area contributed by atoms with Crippen molar-refractivity contribution in [2.75, 3.05) is 32.8 Å². The van der Waals surface area contributed by atoms with Gasteiger partial charge in [0.05, 0.1) is 0 Å². The summed E-state index contributed by atoms with van der Waals surface area (Å²) in [4.78, 5) is 30.8. The van der Waals surface area contributed by atoms with Crippen LogP contribution in [0.2, 0.25) is 0 Å². The standard InChI is InChI=1S/C20H32N2O3/c23-18(16-6-4-7-16)22-13-5-8-20(9-14-25-15-10-20)17(22)19(24)21-11-2-1-3-12-21/h16-17H,1-15H2. The van der Waals surface area contributed by atoms with Crippen LogP contribution in [0.3, 0.4) is 0 Å². The number of piperidine rings is 2. The topological polar surface area (TPSA) is 49.9 Å². The zero-order chi connectivity index (χ0) is 17.3. The third kappa shape index (κ3) is 3.20. The summed E-state index contributed by atoms with van der Waals surface area (Å²) in [6, 6.07) is -0.239. The van der Waals surface area contributed by atoms with Crippen LogP contribution < -0.4 is 0 Å². The lowest BCUT2D eigenvalue weighted by Crippen LogP contribution is -2.64. The number of amides is 2. The van der Waals surface area contributed by atoms with E-state index in [9.17, 15) is 9.59 Å². The quantitative estimate of drug-likeness (QED) is 0.771. The Morgan fingerprint density at radius 2 is 1.52 bits per heavy atom. The Hall–Kier alpha value is -1.10. The van der Waals surface area contributed by atoms with Gasteiger partial charge in [-0.3, -0.25) is 9.59 Å². The monoisotopic (exact) mass is 348 g/mol. The van der Waals surface area contributed by atoms with Gasteiger partial charge in [0.15, 0.2) is 0 Å². The highest BCUT2D eigenvalue weighted by Crippen LogP contribution is 2.46. The summed E-state index contributed by atoms with van der Waals surface area (Å²) in [5, 5.41) is 0. The predicted molar refractivity (Wildman–Crippen MR) is 95.0 cm³/mol. The maximum Gasteiger partial charge on any atom is 0.245 e. The summed E-state index contributed by atoms with van der Waals surface area (Å²) in [7, 11) is 0. The third-order valence-electron chi connectivity index (χ3n) is 7.09. The van der Waals surface area contributed by atoms with Crippen molar-refractivity contribution < 1.29 is 14.3 Å². The average molecular weight is 348 g/mol. The molecule has 140 valence electrons. The van der Waals surface area contributed by atoms with Crippen molar-refractivity contribution in [3.63, 3.8) is 0 Å². The molecule has 1 spiro atoms. The van der Waals surface area contributed by atoms with E-state index < -0.39 is 0 Å². The summed E-state index contributed by atoms with van der Waals surface area (Å²) in [5.74, 6) is 0.660. The van der Waals surface area contributed by atoms with Gasteiger partial charge >= 0.3 is 0 Å². The lowest BCUT2D eigenvalue weighted by molar-refractivity contribution is -0.165. The van der Waals surface area contributed by atoms with Gasteiger partial charge in [0.25, 0.3) is 0 Å². The number of carbonyl (C=O) groups is 2. The molecule has 25 heavy (non-hydrogen) atoms. The van der Waals surface area contributed by atoms with E-state index in [1.165, 1.54) is 6.42 Å². The van der Waals surface area contributed by atoms with Crippen LogP contribution in [0.5, 0.6) is 0 Å². The second-order valence-corrected chi connectivity index (χ2v) is 8.53. The Morgan fingerprint density at radius 1 is 0.800 bits per heavy atom. The van der Waals surface area contributed by atoms with Crippen LogP contribution in [0.15, 0.2) is 0 Å². The van der Waals surface area contributed by atoms with E-state index in [4.69, 9.17) is 4.74 Å². The summed E-state index contributed by atoms with van der Waals surface area (Å²) in [5.41, 5.74) is -0.0512. The number of rotatable bonds is 2. The molecule has 4 fully saturated rings. The van der Waals surface area contributed by atoms with E-state index in [0.29, 0.717) is 0 Å². The van der Waals surface area contributed by atoms with Crippen molar-refractivity contribution in [1.29, 1.82) is 0 Å². The fourth-order valence-electron chi connectivity index (χ4n) is 5.31. The molecule has 4 rings (SSSR count). The van der Waals surface area contributed by atoms with Crippen molar-refractivity contribution in [2.24, 2.45) is 11.3 Å². The van der Waals surface area contributed by atoms with E-state index >= 15 is 0 Å². The molecule has 0 aromatic rings. The highest BCUT2D eigenvalue weighted by molar-refractivity contribution is 5.90. The molecule has 3 heterocycles. The maximum atomic E-state index is 13.6. The molecule has 5 heteroatoms. The molecular formula is C20H32N2O3. The minimum atomic E-state index is -0.239. The summed E-state index contributed by atoms with van der Waals surface area (Å²) in [6.07, 6.45) is 10.5. The first-order valence-corrected chi connectivity index (χ1v) is 10.4. The Bertz CT molecular complexity index is 500. The molecule has 2 amide bonds. The van der Waals surface area contributed by atoms with Crippen LogP contribution >= 0.6 is 0 Å². The number of hydrogen-bond acceptors (Lipinski definition) is 3. The van der Waals surface area contributed by atoms with E-state index in [1.54, 1.807) is 0 Å². The third-order valence-corrected chi connectivity index (χ3v) is 7.09. The van der Waals surface area contributed by atoms with Gasteiger partial charge < -0.3 is 14.5 Å². The molecule has 4 aliphatic rings. The van der Waals surface area contributed by atoms with Crippen LogP contribution in [0, 0.1) is 11.3 Å². The number of likely N-dealkylation sites (tertiary alicyclic amines) is 2. The van der Waals surface area contributed by atoms with Crippen LogP contribution in [0.1, 0.15) is 64.2 Å². The van der Waals surface area contributed by atoms with Gasteiger partial charge in [0, 0.05) is 44.2 Å². The van der Waals surface area contributed by atoms with Gasteiger partial charge in [-0.15, -0.1) is 0 Å². The van der Waals surface area contributed by atoms with Crippen molar-refractivity contribution in [1.82, 2.24) is 9.80 Å². The van der Waals surface area contributed by atoms with Crippen molar-refractivity contribution in [3.05, 3.63) is 0 Å². The Kier molecular flexibility index (Phi) is 5.03. The van der Waals surface area contributed by atoms with Crippen LogP contribution in [-0.2, 0) is 14.3 Å². The average Bonchev–Trinajstić information content (AvgIpc) is 2.61. The second-order valence-electron chi connectivity index (χ2n) is 8.53. The first-order chi connectivity index (χ1) is 12.2. The molecule has 0 bridgehead atoms. The maximum absolute atomic E-state index is 13.6. The van der Waals surface area contributed by atoms with Crippen LogP contribution in [0.25, 0.3) is 0 Å². The first kappa shape index (κ1) is 17.3. The van der Waals surface area contributed by atoms with E-state index in [-0.39, 0.29) is 29.2 Å². The van der Waals surface area contributed by atoms with Gasteiger partial charge in [-0.05, 0) is 57.8 Å². The Morgan fingerprint density at radius 3 is 2.16 bits per heavy atom. The summed E-state index contributed by atoms with van der Waals surface area (Å²) < 4.78 is 5.62. The summed E-state index contributed by atoms with van der Waals surface area (Å²) in [6.45, 7) is 3.97. The molecule has 3 saturated heterocycles. The smallest absolute Gasteiger partial charge is 0.245 e. The van der Waals surface area contributed by atoms with Gasteiger partial charge in [-0.1, -0.05) is 6.42 Å². The number of ether oxygens (including phenoxy) is 1. The largest absolute Gasteiger partial charge is 0.381 e. The fraction of sp³-hybridized carbons (Fsp3) is 0.900. The lowest BCUT2D eigenvalue weighted by Gasteiger charge is -2.53. The lowest BCUT2D eigenvalue weighted by atomic mass is 9.66. The van der Waals surface area contributed by atoms with Crippen molar-refractivity contribution in [2.45, 2.75) is 70.3 Å². The molecule has 5 nitrogen and oxygen atoms in total. The normalized spacial score (nSPS) is 30.2. The molecule has 3 aliphatic heterocycles. The molecule has 1 unspecified atom stereocenters. The molecule has 0 N–H and O–H groups in total. The zero-order valence-corrected chi connectivity index (χ0v) is 15.4. The Labute approximate surface area is 151 Å². The second kappa shape index (κ2) is 7.26. The Balaban J connectivity index is 1.61. The first-order valence-electron chi connectivity index (χ1n) is 10.4. The molecule has 0 aromatic heterocycles. The summed E-state index contributed by atoms with van der Waals surface area (Å²) >= 11 is 0. The van der Waals surface area contributed by atoms with Crippen molar-refractivity contribution >= 4 is 11.8 Å². The van der Waals surface area contributed by atoms with Gasteiger partial charge in [-0.25, -0.2) is 0 Å². The fourth-order valence-corrected chi connectivity index (χ4v) is 5.31. The van der Waals surface area contributed by atoms with Gasteiger partial charge in [-0.2, -0.15) is 0 Å². The minimum absolute atomic E-state index is 0.0512. The minimum Gasteiger partial charge on any atom is -0.381 e.